The van der Waals surface area contributed by atoms with E-state index in [0.717, 1.165) is 12.5 Å². The van der Waals surface area contributed by atoms with E-state index in [0.29, 0.717) is 6.04 Å². The summed E-state index contributed by atoms with van der Waals surface area (Å²) in [5, 5.41) is 5.89. The zero-order chi connectivity index (χ0) is 13.9. The molecule has 0 amide bonds. The summed E-state index contributed by atoms with van der Waals surface area (Å²) in [5.74, 6) is 0.843. The van der Waals surface area contributed by atoms with Gasteiger partial charge in [-0.05, 0) is 62.1 Å². The monoisotopic (exact) mass is 281 g/mol. The molecule has 2 nitrogen and oxygen atoms in total. The van der Waals surface area contributed by atoms with E-state index in [9.17, 15) is 0 Å². The minimum absolute atomic E-state index is 0.0157. The van der Waals surface area contributed by atoms with Gasteiger partial charge in [0.15, 0.2) is 0 Å². The van der Waals surface area contributed by atoms with Gasteiger partial charge >= 0.3 is 0 Å². The van der Waals surface area contributed by atoms with Crippen molar-refractivity contribution in [3.63, 3.8) is 0 Å². The largest absolute Gasteiger partial charge is 0.376 e. The van der Waals surface area contributed by atoms with Crippen LogP contribution in [-0.2, 0) is 4.74 Å². The van der Waals surface area contributed by atoms with Crippen molar-refractivity contribution in [2.75, 3.05) is 13.7 Å². The average molecular weight is 281 g/mol. The van der Waals surface area contributed by atoms with E-state index in [2.05, 4.69) is 37.5 Å². The van der Waals surface area contributed by atoms with Gasteiger partial charge in [-0.2, -0.15) is 0 Å². The van der Waals surface area contributed by atoms with E-state index in [1.54, 1.807) is 0 Å². The topological polar surface area (TPSA) is 21.3 Å². The normalized spacial score (nSPS) is 29.4. The summed E-state index contributed by atoms with van der Waals surface area (Å²) < 4.78 is 6.06. The van der Waals surface area contributed by atoms with Crippen molar-refractivity contribution in [1.29, 1.82) is 0 Å². The van der Waals surface area contributed by atoms with E-state index < -0.39 is 0 Å². The van der Waals surface area contributed by atoms with Crippen molar-refractivity contribution >= 4 is 11.3 Å². The summed E-state index contributed by atoms with van der Waals surface area (Å²) >= 11 is 1.86. The number of methoxy groups -OCH3 is 1. The molecule has 0 spiro atoms. The van der Waals surface area contributed by atoms with Gasteiger partial charge in [-0.15, -0.1) is 11.3 Å². The van der Waals surface area contributed by atoms with E-state index >= 15 is 0 Å². The molecule has 1 N–H and O–H groups in total. The van der Waals surface area contributed by atoms with E-state index in [1.807, 2.05) is 18.4 Å². The molecule has 19 heavy (non-hydrogen) atoms. The molecule has 1 fully saturated rings. The first-order valence-electron chi connectivity index (χ1n) is 7.45. The van der Waals surface area contributed by atoms with Crippen molar-refractivity contribution in [1.82, 2.24) is 5.32 Å². The second-order valence-electron chi connectivity index (χ2n) is 5.91. The molecule has 0 saturated heterocycles. The standard InChI is InChI=1S/C16H27NOS/c1-5-17-15(14-13(3)8-11-19-14)16(18-4)9-6-12(2)7-10-16/h8,11-12,15,17H,5-7,9-10H2,1-4H3. The van der Waals surface area contributed by atoms with Gasteiger partial charge < -0.3 is 10.1 Å². The maximum atomic E-state index is 6.06. The average Bonchev–Trinajstić information content (AvgIpc) is 2.84. The lowest BCUT2D eigenvalue weighted by Crippen LogP contribution is -2.47. The fourth-order valence-corrected chi connectivity index (χ4v) is 4.37. The Bertz CT molecular complexity index is 393. The van der Waals surface area contributed by atoms with Crippen LogP contribution in [0, 0.1) is 12.8 Å². The lowest BCUT2D eigenvalue weighted by Gasteiger charge is -2.44. The first-order chi connectivity index (χ1) is 9.13. The highest BCUT2D eigenvalue weighted by atomic mass is 32.1. The van der Waals surface area contributed by atoms with Crippen LogP contribution in [0.25, 0.3) is 0 Å². The van der Waals surface area contributed by atoms with Crippen molar-refractivity contribution < 1.29 is 4.74 Å². The molecule has 0 aliphatic heterocycles. The predicted molar refractivity (Wildman–Crippen MR) is 82.8 cm³/mol. The van der Waals surface area contributed by atoms with Crippen LogP contribution in [0.3, 0.4) is 0 Å². The van der Waals surface area contributed by atoms with Crippen LogP contribution < -0.4 is 5.32 Å². The minimum atomic E-state index is -0.0157. The van der Waals surface area contributed by atoms with E-state index in [-0.39, 0.29) is 5.60 Å². The van der Waals surface area contributed by atoms with Crippen molar-refractivity contribution in [2.45, 2.75) is 58.1 Å². The number of likely N-dealkylation sites (N-methyl/N-ethyl adjacent to an activating group) is 1. The van der Waals surface area contributed by atoms with Gasteiger partial charge in [-0.1, -0.05) is 13.8 Å². The summed E-state index contributed by atoms with van der Waals surface area (Å²) in [6, 6.07) is 2.56. The molecule has 2 rings (SSSR count). The van der Waals surface area contributed by atoms with Crippen LogP contribution in [0.15, 0.2) is 11.4 Å². The van der Waals surface area contributed by atoms with Gasteiger partial charge in [0.2, 0.25) is 0 Å². The quantitative estimate of drug-likeness (QED) is 0.868. The molecule has 3 heteroatoms. The summed E-state index contributed by atoms with van der Waals surface area (Å²) in [4.78, 5) is 1.46. The second kappa shape index (κ2) is 6.38. The Hall–Kier alpha value is -0.380. The molecule has 1 aromatic rings. The fraction of sp³-hybridized carbons (Fsp3) is 0.750. The van der Waals surface area contributed by atoms with Crippen LogP contribution in [0.4, 0.5) is 0 Å². The molecule has 1 unspecified atom stereocenters. The Morgan fingerprint density at radius 1 is 1.47 bits per heavy atom. The third kappa shape index (κ3) is 3.04. The van der Waals surface area contributed by atoms with Crippen LogP contribution in [0.2, 0.25) is 0 Å². The summed E-state index contributed by atoms with van der Waals surface area (Å²) in [6.07, 6.45) is 4.89. The van der Waals surface area contributed by atoms with Gasteiger partial charge in [0.1, 0.15) is 0 Å². The Kier molecular flexibility index (Phi) is 5.04. The van der Waals surface area contributed by atoms with Crippen molar-refractivity contribution in [3.8, 4) is 0 Å². The first kappa shape index (κ1) is 15.0. The van der Waals surface area contributed by atoms with Crippen LogP contribution in [-0.4, -0.2) is 19.3 Å². The Morgan fingerprint density at radius 2 is 2.16 bits per heavy atom. The highest BCUT2D eigenvalue weighted by Gasteiger charge is 2.42. The first-order valence-corrected chi connectivity index (χ1v) is 8.33. The number of aryl methyl sites for hydroxylation is 1. The molecular formula is C16H27NOS. The zero-order valence-electron chi connectivity index (χ0n) is 12.7. The van der Waals surface area contributed by atoms with E-state index in [1.165, 1.54) is 36.1 Å². The molecule has 1 aromatic heterocycles. The molecule has 1 aliphatic rings. The van der Waals surface area contributed by atoms with Crippen LogP contribution in [0.1, 0.15) is 56.0 Å². The molecule has 0 radical (unpaired) electrons. The second-order valence-corrected chi connectivity index (χ2v) is 6.86. The third-order valence-electron chi connectivity index (χ3n) is 4.63. The highest BCUT2D eigenvalue weighted by Crippen LogP contribution is 2.44. The third-order valence-corrected chi connectivity index (χ3v) is 5.71. The zero-order valence-corrected chi connectivity index (χ0v) is 13.5. The lowest BCUT2D eigenvalue weighted by molar-refractivity contribution is -0.0750. The number of thiophene rings is 1. The summed E-state index contributed by atoms with van der Waals surface area (Å²) in [7, 11) is 1.89. The Balaban J connectivity index is 2.28. The molecule has 1 aliphatic carbocycles. The van der Waals surface area contributed by atoms with Gasteiger partial charge in [-0.25, -0.2) is 0 Å². The molecule has 0 aromatic carbocycles. The number of hydrogen-bond acceptors (Lipinski definition) is 3. The number of hydrogen-bond donors (Lipinski definition) is 1. The van der Waals surface area contributed by atoms with Crippen molar-refractivity contribution in [3.05, 3.63) is 21.9 Å². The number of nitrogens with one attached hydrogen (secondary N) is 1. The Morgan fingerprint density at radius 3 is 2.63 bits per heavy atom. The number of ether oxygens (including phenoxy) is 1. The molecule has 0 bridgehead atoms. The maximum absolute atomic E-state index is 6.06. The molecular weight excluding hydrogens is 254 g/mol. The van der Waals surface area contributed by atoms with E-state index in [4.69, 9.17) is 4.74 Å². The van der Waals surface area contributed by atoms with Gasteiger partial charge in [-0.3, -0.25) is 0 Å². The summed E-state index contributed by atoms with van der Waals surface area (Å²) in [5.41, 5.74) is 1.38. The fourth-order valence-electron chi connectivity index (χ4n) is 3.26. The van der Waals surface area contributed by atoms with Gasteiger partial charge in [0, 0.05) is 12.0 Å². The Labute approximate surface area is 121 Å². The van der Waals surface area contributed by atoms with Crippen LogP contribution in [0.5, 0.6) is 0 Å². The molecule has 108 valence electrons. The molecule has 1 heterocycles. The molecule has 1 atom stereocenters. The SMILES string of the molecule is CCNC(c1sccc1C)C1(OC)CCC(C)CC1. The minimum Gasteiger partial charge on any atom is -0.376 e. The maximum Gasteiger partial charge on any atom is 0.0880 e. The molecule has 1 saturated carbocycles. The van der Waals surface area contributed by atoms with Gasteiger partial charge in [0.25, 0.3) is 0 Å². The smallest absolute Gasteiger partial charge is 0.0880 e. The number of rotatable bonds is 5. The van der Waals surface area contributed by atoms with Gasteiger partial charge in [0.05, 0.1) is 11.6 Å². The van der Waals surface area contributed by atoms with Crippen LogP contribution >= 0.6 is 11.3 Å². The van der Waals surface area contributed by atoms with Crippen molar-refractivity contribution in [2.24, 2.45) is 5.92 Å². The lowest BCUT2D eigenvalue weighted by atomic mass is 9.74. The summed E-state index contributed by atoms with van der Waals surface area (Å²) in [6.45, 7) is 7.75. The highest BCUT2D eigenvalue weighted by molar-refractivity contribution is 7.10. The predicted octanol–water partition coefficient (Wildman–Crippen LogP) is 4.30.